The van der Waals surface area contributed by atoms with E-state index in [1.807, 2.05) is 22.6 Å². The molecule has 0 atom stereocenters. The topological polar surface area (TPSA) is 12.9 Å². The monoisotopic (exact) mass is 411 g/mol. The van der Waals surface area contributed by atoms with E-state index in [1.165, 1.54) is 0 Å². The number of aromatic nitrogens is 1. The fourth-order valence-corrected chi connectivity index (χ4v) is 3.47. The molecule has 0 amide bonds. The van der Waals surface area contributed by atoms with Gasteiger partial charge in [-0.3, -0.25) is 0 Å². The molecule has 6 heteroatoms. The number of rotatable bonds is 1. The van der Waals surface area contributed by atoms with Crippen LogP contribution in [-0.2, 0) is 0 Å². The third-order valence-electron chi connectivity index (χ3n) is 1.15. The molecule has 0 aromatic carbocycles. The molecule has 1 heterocycles. The molecule has 0 saturated carbocycles. The SMILES string of the molecule is FC(F)c1c(I)cc(Br)nc1Br. The van der Waals surface area contributed by atoms with Crippen molar-refractivity contribution >= 4 is 54.5 Å². The molecule has 0 aliphatic heterocycles. The van der Waals surface area contributed by atoms with Crippen LogP contribution in [0.1, 0.15) is 12.0 Å². The van der Waals surface area contributed by atoms with E-state index in [2.05, 4.69) is 36.8 Å². The van der Waals surface area contributed by atoms with Gasteiger partial charge in [-0.2, -0.15) is 0 Å². The maximum absolute atomic E-state index is 12.3. The van der Waals surface area contributed by atoms with Crippen molar-refractivity contribution in [1.82, 2.24) is 4.98 Å². The van der Waals surface area contributed by atoms with Crippen molar-refractivity contribution in [3.05, 3.63) is 24.4 Å². The average Bonchev–Trinajstić information content (AvgIpc) is 1.82. The summed E-state index contributed by atoms with van der Waals surface area (Å²) in [7, 11) is 0. The van der Waals surface area contributed by atoms with Crippen molar-refractivity contribution in [1.29, 1.82) is 0 Å². The second-order valence-electron chi connectivity index (χ2n) is 1.93. The lowest BCUT2D eigenvalue weighted by atomic mass is 10.3. The summed E-state index contributed by atoms with van der Waals surface area (Å²) in [4.78, 5) is 3.80. The summed E-state index contributed by atoms with van der Waals surface area (Å²) in [6, 6.07) is 1.55. The van der Waals surface area contributed by atoms with Crippen LogP contribution < -0.4 is 0 Å². The molecule has 12 heavy (non-hydrogen) atoms. The standard InChI is InChI=1S/C6H2Br2F2IN/c7-3-1-2(11)4(6(9)10)5(8)12-3/h1,6H. The van der Waals surface area contributed by atoms with E-state index in [-0.39, 0.29) is 10.2 Å². The Hall–Kier alpha value is 0.700. The van der Waals surface area contributed by atoms with Crippen LogP contribution in [0.15, 0.2) is 15.3 Å². The first-order valence-electron chi connectivity index (χ1n) is 2.82. The van der Waals surface area contributed by atoms with E-state index in [1.54, 1.807) is 6.07 Å². The first-order valence-corrected chi connectivity index (χ1v) is 5.48. The molecule has 1 aromatic rings. The van der Waals surface area contributed by atoms with E-state index in [4.69, 9.17) is 0 Å². The predicted molar refractivity (Wildman–Crippen MR) is 57.3 cm³/mol. The molecule has 0 fully saturated rings. The van der Waals surface area contributed by atoms with E-state index in [9.17, 15) is 8.78 Å². The highest BCUT2D eigenvalue weighted by molar-refractivity contribution is 14.1. The normalized spacial score (nSPS) is 10.8. The summed E-state index contributed by atoms with van der Waals surface area (Å²) in [5.74, 6) is 0. The van der Waals surface area contributed by atoms with Gasteiger partial charge in [0.15, 0.2) is 0 Å². The summed E-state index contributed by atoms with van der Waals surface area (Å²) in [5, 5.41) is 0. The summed E-state index contributed by atoms with van der Waals surface area (Å²) >= 11 is 7.92. The van der Waals surface area contributed by atoms with Gasteiger partial charge in [0.25, 0.3) is 6.43 Å². The van der Waals surface area contributed by atoms with Gasteiger partial charge in [-0.1, -0.05) is 0 Å². The smallest absolute Gasteiger partial charge is 0.233 e. The molecule has 0 spiro atoms. The van der Waals surface area contributed by atoms with Crippen molar-refractivity contribution in [3.8, 4) is 0 Å². The van der Waals surface area contributed by atoms with Gasteiger partial charge >= 0.3 is 0 Å². The van der Waals surface area contributed by atoms with Crippen molar-refractivity contribution in [2.75, 3.05) is 0 Å². The van der Waals surface area contributed by atoms with Crippen LogP contribution in [0.2, 0.25) is 0 Å². The average molecular weight is 413 g/mol. The number of halogens is 5. The molecule has 0 saturated heterocycles. The summed E-state index contributed by atoms with van der Waals surface area (Å²) in [6.07, 6.45) is -2.49. The Morgan fingerprint density at radius 1 is 1.42 bits per heavy atom. The van der Waals surface area contributed by atoms with E-state index >= 15 is 0 Å². The van der Waals surface area contributed by atoms with E-state index < -0.39 is 6.43 Å². The second kappa shape index (κ2) is 4.28. The maximum atomic E-state index is 12.3. The zero-order valence-corrected chi connectivity index (χ0v) is 10.8. The van der Waals surface area contributed by atoms with Gasteiger partial charge in [-0.05, 0) is 60.5 Å². The van der Waals surface area contributed by atoms with Crippen molar-refractivity contribution in [3.63, 3.8) is 0 Å². The molecule has 0 aliphatic rings. The Labute approximate surface area is 98.3 Å². The lowest BCUT2D eigenvalue weighted by Crippen LogP contribution is -1.94. The quantitative estimate of drug-likeness (QED) is 0.499. The van der Waals surface area contributed by atoms with Crippen LogP contribution in [0.5, 0.6) is 0 Å². The fourth-order valence-electron chi connectivity index (χ4n) is 0.661. The highest BCUT2D eigenvalue weighted by Gasteiger charge is 2.17. The Kier molecular flexibility index (Phi) is 3.84. The number of alkyl halides is 2. The summed E-state index contributed by atoms with van der Waals surface area (Å²) < 4.78 is 25.9. The molecular weight excluding hydrogens is 411 g/mol. The summed E-state index contributed by atoms with van der Waals surface area (Å²) in [6.45, 7) is 0. The molecule has 1 rings (SSSR count). The molecule has 0 radical (unpaired) electrons. The minimum absolute atomic E-state index is 0.0567. The van der Waals surface area contributed by atoms with E-state index in [0.717, 1.165) is 0 Å². The van der Waals surface area contributed by atoms with Gasteiger partial charge in [0.2, 0.25) is 0 Å². The zero-order chi connectivity index (χ0) is 9.30. The van der Waals surface area contributed by atoms with Crippen LogP contribution in [0.4, 0.5) is 8.78 Å². The molecule has 66 valence electrons. The third kappa shape index (κ3) is 2.35. The van der Waals surface area contributed by atoms with Gasteiger partial charge in [0.05, 0.1) is 5.56 Å². The first kappa shape index (κ1) is 10.8. The Morgan fingerprint density at radius 3 is 2.42 bits per heavy atom. The minimum atomic E-state index is -2.49. The number of hydrogen-bond acceptors (Lipinski definition) is 1. The molecule has 0 bridgehead atoms. The van der Waals surface area contributed by atoms with Crippen LogP contribution in [0, 0.1) is 3.57 Å². The zero-order valence-electron chi connectivity index (χ0n) is 5.49. The highest BCUT2D eigenvalue weighted by Crippen LogP contribution is 2.31. The molecular formula is C6H2Br2F2IN. The molecule has 1 aromatic heterocycles. The predicted octanol–water partition coefficient (Wildman–Crippen LogP) is 4.15. The Balaban J connectivity index is 3.28. The van der Waals surface area contributed by atoms with Crippen LogP contribution in [0.25, 0.3) is 0 Å². The van der Waals surface area contributed by atoms with Crippen LogP contribution >= 0.6 is 54.5 Å². The number of nitrogens with zero attached hydrogens (tertiary/aromatic N) is 1. The second-order valence-corrected chi connectivity index (χ2v) is 4.66. The van der Waals surface area contributed by atoms with E-state index in [0.29, 0.717) is 8.17 Å². The highest BCUT2D eigenvalue weighted by atomic mass is 127. The lowest BCUT2D eigenvalue weighted by Gasteiger charge is -2.05. The molecule has 0 N–H and O–H groups in total. The van der Waals surface area contributed by atoms with Crippen LogP contribution in [-0.4, -0.2) is 4.98 Å². The third-order valence-corrected chi connectivity index (χ3v) is 3.05. The minimum Gasteiger partial charge on any atom is -0.233 e. The van der Waals surface area contributed by atoms with Gasteiger partial charge in [-0.15, -0.1) is 0 Å². The Morgan fingerprint density at radius 2 is 2.00 bits per heavy atom. The van der Waals surface area contributed by atoms with Gasteiger partial charge < -0.3 is 0 Å². The van der Waals surface area contributed by atoms with Crippen molar-refractivity contribution in [2.24, 2.45) is 0 Å². The maximum Gasteiger partial charge on any atom is 0.267 e. The first-order chi connectivity index (χ1) is 5.52. The van der Waals surface area contributed by atoms with Gasteiger partial charge in [0.1, 0.15) is 9.21 Å². The lowest BCUT2D eigenvalue weighted by molar-refractivity contribution is 0.149. The fraction of sp³-hybridized carbons (Fsp3) is 0.167. The largest absolute Gasteiger partial charge is 0.267 e. The number of hydrogen-bond donors (Lipinski definition) is 0. The van der Waals surface area contributed by atoms with Gasteiger partial charge in [0, 0.05) is 3.57 Å². The van der Waals surface area contributed by atoms with Crippen molar-refractivity contribution < 1.29 is 8.78 Å². The summed E-state index contributed by atoms with van der Waals surface area (Å²) in [5.41, 5.74) is -0.0567. The van der Waals surface area contributed by atoms with Crippen molar-refractivity contribution in [2.45, 2.75) is 6.43 Å². The Bertz CT molecular complexity index is 283. The van der Waals surface area contributed by atoms with Crippen LogP contribution in [0.3, 0.4) is 0 Å². The van der Waals surface area contributed by atoms with Gasteiger partial charge in [-0.25, -0.2) is 13.8 Å². The molecule has 0 unspecified atom stereocenters. The molecule has 1 nitrogen and oxygen atoms in total. The molecule has 0 aliphatic carbocycles. The number of pyridine rings is 1.